The number of halogens is 1. The van der Waals surface area contributed by atoms with Gasteiger partial charge in [0.2, 0.25) is 0 Å². The molecule has 0 bridgehead atoms. The first-order chi connectivity index (χ1) is 13.9. The smallest absolute Gasteiger partial charge is 0.341 e. The van der Waals surface area contributed by atoms with Crippen LogP contribution >= 0.6 is 15.9 Å². The van der Waals surface area contributed by atoms with Gasteiger partial charge in [-0.05, 0) is 47.3 Å². The molecule has 4 atom stereocenters. The Bertz CT molecular complexity index is 864. The molecule has 0 radical (unpaired) electrons. The van der Waals surface area contributed by atoms with Crippen LogP contribution in [-0.2, 0) is 9.53 Å². The van der Waals surface area contributed by atoms with Crippen LogP contribution in [0.2, 0.25) is 0 Å². The van der Waals surface area contributed by atoms with Gasteiger partial charge in [-0.25, -0.2) is 4.79 Å². The second-order valence-electron chi connectivity index (χ2n) is 7.55. The predicted molar refractivity (Wildman–Crippen MR) is 117 cm³/mol. The third-order valence-electron chi connectivity index (χ3n) is 5.55. The number of rotatable bonds is 7. The number of carbonyl (C=O) groups is 1. The summed E-state index contributed by atoms with van der Waals surface area (Å²) < 4.78 is 13.0. The van der Waals surface area contributed by atoms with E-state index in [1.807, 2.05) is 31.2 Å². The minimum absolute atomic E-state index is 0.0595. The summed E-state index contributed by atoms with van der Waals surface area (Å²) in [6.45, 7) is 8.01. The van der Waals surface area contributed by atoms with Gasteiger partial charge >= 0.3 is 5.97 Å². The van der Waals surface area contributed by atoms with Gasteiger partial charge in [0.1, 0.15) is 5.75 Å². The standard InChI is InChI=1S/C24H27BrO4/c1-4-21-19(16-9-6-5-7-10-16)13-18(15(2)3)23(29-21)17-11-8-12-20(25)24(17)28-14-22(26)27/h5-12,18-19,21,23H,2,4,13-14H2,1,3H3,(H,26,27)/t18-,19-,21+,23-/m1/s1. The summed E-state index contributed by atoms with van der Waals surface area (Å²) in [5.41, 5.74) is 3.19. The molecule has 0 spiro atoms. The number of carboxylic acid groups (broad SMARTS) is 1. The van der Waals surface area contributed by atoms with Crippen LogP contribution in [0, 0.1) is 5.92 Å². The van der Waals surface area contributed by atoms with Crippen LogP contribution < -0.4 is 4.74 Å². The van der Waals surface area contributed by atoms with Crippen LogP contribution in [0.25, 0.3) is 0 Å². The number of benzene rings is 2. The van der Waals surface area contributed by atoms with Gasteiger partial charge in [0, 0.05) is 17.4 Å². The van der Waals surface area contributed by atoms with Gasteiger partial charge in [0.25, 0.3) is 0 Å². The Labute approximate surface area is 180 Å². The Morgan fingerprint density at radius 2 is 1.97 bits per heavy atom. The topological polar surface area (TPSA) is 55.8 Å². The van der Waals surface area contributed by atoms with E-state index in [1.54, 1.807) is 0 Å². The van der Waals surface area contributed by atoms with E-state index in [2.05, 4.69) is 53.7 Å². The summed E-state index contributed by atoms with van der Waals surface area (Å²) in [4.78, 5) is 11.1. The van der Waals surface area contributed by atoms with E-state index < -0.39 is 12.6 Å². The molecule has 0 unspecified atom stereocenters. The summed E-state index contributed by atoms with van der Waals surface area (Å²) >= 11 is 3.51. The average Bonchev–Trinajstić information content (AvgIpc) is 2.72. The zero-order valence-electron chi connectivity index (χ0n) is 16.8. The first kappa shape index (κ1) is 21.6. The summed E-state index contributed by atoms with van der Waals surface area (Å²) in [5.74, 6) is -0.0957. The lowest BCUT2D eigenvalue weighted by Gasteiger charge is -2.43. The van der Waals surface area contributed by atoms with E-state index in [-0.39, 0.29) is 24.0 Å². The van der Waals surface area contributed by atoms with Crippen LogP contribution in [0.3, 0.4) is 0 Å². The molecule has 1 N–H and O–H groups in total. The lowest BCUT2D eigenvalue weighted by atomic mass is 9.75. The second kappa shape index (κ2) is 9.59. The molecule has 1 saturated heterocycles. The van der Waals surface area contributed by atoms with Crippen molar-refractivity contribution in [3.05, 3.63) is 76.3 Å². The third kappa shape index (κ3) is 4.90. The van der Waals surface area contributed by atoms with Crippen molar-refractivity contribution in [3.63, 3.8) is 0 Å². The van der Waals surface area contributed by atoms with Crippen molar-refractivity contribution in [2.45, 2.75) is 44.8 Å². The quantitative estimate of drug-likeness (QED) is 0.507. The highest BCUT2D eigenvalue weighted by atomic mass is 79.9. The second-order valence-corrected chi connectivity index (χ2v) is 8.40. The third-order valence-corrected chi connectivity index (χ3v) is 6.17. The van der Waals surface area contributed by atoms with Gasteiger partial charge in [-0.2, -0.15) is 0 Å². The first-order valence-electron chi connectivity index (χ1n) is 9.91. The molecule has 1 aliphatic rings. The van der Waals surface area contributed by atoms with Gasteiger partial charge in [-0.3, -0.25) is 0 Å². The first-order valence-corrected chi connectivity index (χ1v) is 10.7. The lowest BCUT2D eigenvalue weighted by molar-refractivity contribution is -0.139. The Kier molecular flexibility index (Phi) is 7.14. The van der Waals surface area contributed by atoms with Gasteiger partial charge in [0.05, 0.1) is 16.7 Å². The Hall–Kier alpha value is -2.11. The summed E-state index contributed by atoms with van der Waals surface area (Å²) in [6.07, 6.45) is 1.63. The molecule has 1 fully saturated rings. The molecule has 5 heteroatoms. The van der Waals surface area contributed by atoms with E-state index >= 15 is 0 Å². The highest BCUT2D eigenvalue weighted by molar-refractivity contribution is 9.10. The van der Waals surface area contributed by atoms with E-state index in [0.29, 0.717) is 5.75 Å². The van der Waals surface area contributed by atoms with Crippen molar-refractivity contribution in [2.24, 2.45) is 5.92 Å². The SMILES string of the molecule is C=C(C)[C@H]1C[C@H](c2ccccc2)[C@H](CC)O[C@@H]1c1cccc(Br)c1OCC(=O)O. The number of aliphatic carboxylic acids is 1. The minimum Gasteiger partial charge on any atom is -0.480 e. The molecule has 2 aromatic rings. The van der Waals surface area contributed by atoms with Gasteiger partial charge < -0.3 is 14.6 Å². The molecule has 0 aliphatic carbocycles. The van der Waals surface area contributed by atoms with E-state index in [1.165, 1.54) is 5.56 Å². The van der Waals surface area contributed by atoms with Crippen molar-refractivity contribution in [1.82, 2.24) is 0 Å². The molecule has 3 rings (SSSR count). The monoisotopic (exact) mass is 458 g/mol. The van der Waals surface area contributed by atoms with E-state index in [4.69, 9.17) is 14.6 Å². The molecule has 0 amide bonds. The maximum atomic E-state index is 11.1. The largest absolute Gasteiger partial charge is 0.480 e. The zero-order chi connectivity index (χ0) is 21.0. The Morgan fingerprint density at radius 3 is 2.59 bits per heavy atom. The molecule has 0 aromatic heterocycles. The van der Waals surface area contributed by atoms with Crippen LogP contribution in [0.5, 0.6) is 5.75 Å². The van der Waals surface area contributed by atoms with Crippen LogP contribution in [0.1, 0.15) is 49.8 Å². The number of hydrogen-bond donors (Lipinski definition) is 1. The van der Waals surface area contributed by atoms with E-state index in [9.17, 15) is 4.79 Å². The molecule has 4 nitrogen and oxygen atoms in total. The van der Waals surface area contributed by atoms with Crippen LogP contribution in [0.4, 0.5) is 0 Å². The normalized spacial score (nSPS) is 24.1. The zero-order valence-corrected chi connectivity index (χ0v) is 18.4. The molecule has 1 aliphatic heterocycles. The van der Waals surface area contributed by atoms with Crippen LogP contribution in [0.15, 0.2) is 65.2 Å². The van der Waals surface area contributed by atoms with Crippen molar-refractivity contribution < 1.29 is 19.4 Å². The highest BCUT2D eigenvalue weighted by Crippen LogP contribution is 2.49. The Balaban J connectivity index is 1.98. The van der Waals surface area contributed by atoms with Gasteiger partial charge in [0.15, 0.2) is 6.61 Å². The molecule has 29 heavy (non-hydrogen) atoms. The van der Waals surface area contributed by atoms with E-state index in [0.717, 1.165) is 28.5 Å². The van der Waals surface area contributed by atoms with Crippen LogP contribution in [-0.4, -0.2) is 23.8 Å². The average molecular weight is 459 g/mol. The van der Waals surface area contributed by atoms with Crippen molar-refractivity contribution in [1.29, 1.82) is 0 Å². The van der Waals surface area contributed by atoms with Crippen molar-refractivity contribution in [2.75, 3.05) is 6.61 Å². The summed E-state index contributed by atoms with van der Waals surface area (Å²) in [6, 6.07) is 16.2. The fraction of sp³-hybridized carbons (Fsp3) is 0.375. The lowest BCUT2D eigenvalue weighted by Crippen LogP contribution is -2.36. The summed E-state index contributed by atoms with van der Waals surface area (Å²) in [7, 11) is 0. The molecule has 1 heterocycles. The van der Waals surface area contributed by atoms with Crippen molar-refractivity contribution in [3.8, 4) is 5.75 Å². The number of ether oxygens (including phenoxy) is 2. The highest BCUT2D eigenvalue weighted by Gasteiger charge is 2.40. The molecule has 0 saturated carbocycles. The van der Waals surface area contributed by atoms with Gasteiger partial charge in [-0.1, -0.05) is 61.5 Å². The van der Waals surface area contributed by atoms with Crippen molar-refractivity contribution >= 4 is 21.9 Å². The number of hydrogen-bond acceptors (Lipinski definition) is 3. The fourth-order valence-corrected chi connectivity index (χ4v) is 4.64. The molecule has 2 aromatic carbocycles. The number of carboxylic acids is 1. The molecule has 154 valence electrons. The Morgan fingerprint density at radius 1 is 1.24 bits per heavy atom. The fourth-order valence-electron chi connectivity index (χ4n) is 4.14. The predicted octanol–water partition coefficient (Wildman–Crippen LogP) is 6.13. The summed E-state index contributed by atoms with van der Waals surface area (Å²) in [5, 5.41) is 9.06. The van der Waals surface area contributed by atoms with Gasteiger partial charge in [-0.15, -0.1) is 0 Å². The maximum absolute atomic E-state index is 11.1. The minimum atomic E-state index is -1.01. The number of para-hydroxylation sites is 1. The molecular formula is C24H27BrO4. The molecular weight excluding hydrogens is 432 g/mol. The maximum Gasteiger partial charge on any atom is 0.341 e.